The lowest BCUT2D eigenvalue weighted by Crippen LogP contribution is -2.55. The molecule has 100 valence electrons. The number of nitrogens with zero attached hydrogens (tertiary/aromatic N) is 1. The molecule has 0 bridgehead atoms. The Hall–Kier alpha value is -0.120. The fraction of sp³-hybridized carbons (Fsp3) is 1.00. The molecule has 3 heteroatoms. The molecule has 17 heavy (non-hydrogen) atoms. The number of rotatable bonds is 5. The first kappa shape index (κ1) is 13.3. The van der Waals surface area contributed by atoms with Crippen LogP contribution >= 0.6 is 0 Å². The average molecular weight is 240 g/mol. The first-order chi connectivity index (χ1) is 8.22. The molecule has 0 aromatic heterocycles. The Morgan fingerprint density at radius 3 is 2.59 bits per heavy atom. The molecule has 1 aliphatic heterocycles. The molecule has 2 rings (SSSR count). The zero-order chi connectivity index (χ0) is 12.3. The average Bonchev–Trinajstić information content (AvgIpc) is 2.32. The number of aliphatic hydroxyl groups excluding tert-OH is 1. The Morgan fingerprint density at radius 2 is 2.00 bits per heavy atom. The molecule has 2 fully saturated rings. The highest BCUT2D eigenvalue weighted by Crippen LogP contribution is 2.34. The maximum absolute atomic E-state index is 8.96. The lowest BCUT2D eigenvalue weighted by atomic mass is 9.78. The van der Waals surface area contributed by atoms with Crippen molar-refractivity contribution in [2.45, 2.75) is 51.1 Å². The molecule has 1 heterocycles. The van der Waals surface area contributed by atoms with Crippen LogP contribution in [0.15, 0.2) is 0 Å². The molecule has 3 nitrogen and oxygen atoms in total. The largest absolute Gasteiger partial charge is 0.396 e. The second-order valence-electron chi connectivity index (χ2n) is 6.14. The third-order valence-corrected chi connectivity index (χ3v) is 4.61. The van der Waals surface area contributed by atoms with E-state index >= 15 is 0 Å². The Kier molecular flexibility index (Phi) is 4.83. The Balaban J connectivity index is 1.84. The monoisotopic (exact) mass is 240 g/mol. The maximum Gasteiger partial charge on any atom is 0.0431 e. The van der Waals surface area contributed by atoms with Gasteiger partial charge in [0, 0.05) is 31.8 Å². The SMILES string of the molecule is CNC1CC(CCCO)CN(C2CC(C)C2)C1. The quantitative estimate of drug-likeness (QED) is 0.764. The van der Waals surface area contributed by atoms with E-state index in [0.717, 1.165) is 24.3 Å². The van der Waals surface area contributed by atoms with Crippen molar-refractivity contribution in [2.24, 2.45) is 11.8 Å². The van der Waals surface area contributed by atoms with Crippen molar-refractivity contribution < 1.29 is 5.11 Å². The van der Waals surface area contributed by atoms with Gasteiger partial charge in [0.15, 0.2) is 0 Å². The van der Waals surface area contributed by atoms with Gasteiger partial charge >= 0.3 is 0 Å². The van der Waals surface area contributed by atoms with Gasteiger partial charge in [-0.15, -0.1) is 0 Å². The van der Waals surface area contributed by atoms with Gasteiger partial charge in [-0.25, -0.2) is 0 Å². The van der Waals surface area contributed by atoms with Crippen LogP contribution < -0.4 is 5.32 Å². The van der Waals surface area contributed by atoms with E-state index in [1.807, 2.05) is 0 Å². The van der Waals surface area contributed by atoms with Gasteiger partial charge in [0.1, 0.15) is 0 Å². The topological polar surface area (TPSA) is 35.5 Å². The molecule has 0 spiro atoms. The third kappa shape index (κ3) is 3.43. The van der Waals surface area contributed by atoms with Gasteiger partial charge in [0.05, 0.1) is 0 Å². The normalized spacial score (nSPS) is 39.0. The summed E-state index contributed by atoms with van der Waals surface area (Å²) in [6, 6.07) is 1.50. The van der Waals surface area contributed by atoms with Crippen LogP contribution in [0.2, 0.25) is 0 Å². The van der Waals surface area contributed by atoms with E-state index < -0.39 is 0 Å². The lowest BCUT2D eigenvalue weighted by Gasteiger charge is -2.47. The van der Waals surface area contributed by atoms with Crippen molar-refractivity contribution in [3.63, 3.8) is 0 Å². The van der Waals surface area contributed by atoms with Gasteiger partial charge in [-0.1, -0.05) is 6.92 Å². The summed E-state index contributed by atoms with van der Waals surface area (Å²) in [6.45, 7) is 5.19. The summed E-state index contributed by atoms with van der Waals surface area (Å²) < 4.78 is 0. The number of hydrogen-bond acceptors (Lipinski definition) is 3. The highest BCUT2D eigenvalue weighted by atomic mass is 16.2. The standard InChI is InChI=1S/C14H28N2O/c1-11-6-14(7-11)16-9-12(4-3-5-17)8-13(10-16)15-2/h11-15,17H,3-10H2,1-2H3. The smallest absolute Gasteiger partial charge is 0.0431 e. The van der Waals surface area contributed by atoms with Crippen LogP contribution in [0.3, 0.4) is 0 Å². The lowest BCUT2D eigenvalue weighted by molar-refractivity contribution is 0.0319. The fourth-order valence-electron chi connectivity index (χ4n) is 3.50. The van der Waals surface area contributed by atoms with Crippen molar-refractivity contribution >= 4 is 0 Å². The van der Waals surface area contributed by atoms with Crippen LogP contribution in [-0.4, -0.2) is 48.8 Å². The predicted molar refractivity (Wildman–Crippen MR) is 71.0 cm³/mol. The van der Waals surface area contributed by atoms with E-state index in [0.29, 0.717) is 12.6 Å². The minimum atomic E-state index is 0.348. The number of likely N-dealkylation sites (tertiary alicyclic amines) is 1. The molecule has 2 aliphatic rings. The van der Waals surface area contributed by atoms with Crippen molar-refractivity contribution in [1.82, 2.24) is 10.2 Å². The number of aliphatic hydroxyl groups is 1. The first-order valence-corrected chi connectivity index (χ1v) is 7.25. The third-order valence-electron chi connectivity index (χ3n) is 4.61. The molecule has 1 saturated heterocycles. The van der Waals surface area contributed by atoms with Gasteiger partial charge in [-0.2, -0.15) is 0 Å². The molecule has 2 unspecified atom stereocenters. The molecule has 0 radical (unpaired) electrons. The van der Waals surface area contributed by atoms with E-state index in [4.69, 9.17) is 5.11 Å². The Bertz CT molecular complexity index is 228. The van der Waals surface area contributed by atoms with Gasteiger partial charge < -0.3 is 10.4 Å². The number of hydrogen-bond donors (Lipinski definition) is 2. The van der Waals surface area contributed by atoms with Crippen molar-refractivity contribution in [2.75, 3.05) is 26.7 Å². The molecule has 0 aromatic carbocycles. The molecule has 2 N–H and O–H groups in total. The van der Waals surface area contributed by atoms with E-state index in [1.165, 1.54) is 38.8 Å². The second-order valence-corrected chi connectivity index (χ2v) is 6.14. The van der Waals surface area contributed by atoms with E-state index in [-0.39, 0.29) is 0 Å². The first-order valence-electron chi connectivity index (χ1n) is 7.25. The minimum Gasteiger partial charge on any atom is -0.396 e. The molecule has 1 saturated carbocycles. The van der Waals surface area contributed by atoms with Crippen LogP contribution in [0.25, 0.3) is 0 Å². The van der Waals surface area contributed by atoms with Crippen LogP contribution in [0.5, 0.6) is 0 Å². The molecular formula is C14H28N2O. The van der Waals surface area contributed by atoms with Gasteiger partial charge in [0.25, 0.3) is 0 Å². The van der Waals surface area contributed by atoms with Gasteiger partial charge in [-0.05, 0) is 51.0 Å². The van der Waals surface area contributed by atoms with Crippen LogP contribution in [0.1, 0.15) is 39.0 Å². The zero-order valence-electron chi connectivity index (χ0n) is 11.4. The Morgan fingerprint density at radius 1 is 1.24 bits per heavy atom. The predicted octanol–water partition coefficient (Wildman–Crippen LogP) is 1.47. The summed E-state index contributed by atoms with van der Waals surface area (Å²) in [5.41, 5.74) is 0. The number of nitrogens with one attached hydrogen (secondary N) is 1. The Labute approximate surface area is 106 Å². The molecule has 1 aliphatic carbocycles. The summed E-state index contributed by atoms with van der Waals surface area (Å²) in [6.07, 6.45) is 6.23. The summed E-state index contributed by atoms with van der Waals surface area (Å²) in [7, 11) is 2.08. The highest BCUT2D eigenvalue weighted by Gasteiger charge is 2.35. The van der Waals surface area contributed by atoms with Crippen LogP contribution in [0, 0.1) is 11.8 Å². The van der Waals surface area contributed by atoms with E-state index in [9.17, 15) is 0 Å². The summed E-state index contributed by atoms with van der Waals surface area (Å²) in [5, 5.41) is 12.4. The minimum absolute atomic E-state index is 0.348. The maximum atomic E-state index is 8.96. The molecule has 2 atom stereocenters. The number of piperidine rings is 1. The summed E-state index contributed by atoms with van der Waals surface area (Å²) in [5.74, 6) is 1.72. The van der Waals surface area contributed by atoms with E-state index in [1.54, 1.807) is 0 Å². The molecular weight excluding hydrogens is 212 g/mol. The van der Waals surface area contributed by atoms with Crippen LogP contribution in [-0.2, 0) is 0 Å². The van der Waals surface area contributed by atoms with Crippen LogP contribution in [0.4, 0.5) is 0 Å². The van der Waals surface area contributed by atoms with Gasteiger partial charge in [0.2, 0.25) is 0 Å². The molecule has 0 amide bonds. The van der Waals surface area contributed by atoms with Crippen molar-refractivity contribution in [1.29, 1.82) is 0 Å². The molecule has 0 aromatic rings. The van der Waals surface area contributed by atoms with Gasteiger partial charge in [-0.3, -0.25) is 4.90 Å². The summed E-state index contributed by atoms with van der Waals surface area (Å²) in [4.78, 5) is 2.70. The fourth-order valence-corrected chi connectivity index (χ4v) is 3.50. The number of likely N-dealkylation sites (N-methyl/N-ethyl adjacent to an activating group) is 1. The highest BCUT2D eigenvalue weighted by molar-refractivity contribution is 4.91. The zero-order valence-corrected chi connectivity index (χ0v) is 11.4. The van der Waals surface area contributed by atoms with Crippen molar-refractivity contribution in [3.8, 4) is 0 Å². The van der Waals surface area contributed by atoms with Crippen molar-refractivity contribution in [3.05, 3.63) is 0 Å². The summed E-state index contributed by atoms with van der Waals surface area (Å²) >= 11 is 0. The van der Waals surface area contributed by atoms with E-state index in [2.05, 4.69) is 24.2 Å². The second kappa shape index (κ2) is 6.17.